The minimum Gasteiger partial charge on any atom is -0.324 e. The Bertz CT molecular complexity index is 1130. The summed E-state index contributed by atoms with van der Waals surface area (Å²) in [6.45, 7) is 2.58. The fourth-order valence-corrected chi connectivity index (χ4v) is 6.54. The highest BCUT2D eigenvalue weighted by atomic mass is 35.5. The maximum absolute atomic E-state index is 13.8. The van der Waals surface area contributed by atoms with E-state index < -0.39 is 17.4 Å². The molecule has 2 aromatic rings. The molecule has 0 unspecified atom stereocenters. The normalized spacial score (nSPS) is 32.0. The van der Waals surface area contributed by atoms with E-state index in [0.29, 0.717) is 22.9 Å². The standard InChI is InChI=1S/C23H20ClN3O3/c1-12-10-13(24)11-15-19(12)25-22(30)23(15)18-17(16-8-5-9-26(16)23)20(28)27(21(18)29)14-6-3-2-4-7-14/h2-4,6-7,10-11,16-18H,5,8-9H2,1H3,(H,25,30)/t16-,17+,18+,23+/m1/s1. The average Bonchev–Trinajstić information content (AvgIpc) is 3.42. The van der Waals surface area contributed by atoms with Crippen molar-refractivity contribution in [2.45, 2.75) is 31.3 Å². The molecule has 4 heterocycles. The van der Waals surface area contributed by atoms with Crippen molar-refractivity contribution in [1.29, 1.82) is 0 Å². The summed E-state index contributed by atoms with van der Waals surface area (Å²) in [4.78, 5) is 44.4. The number of nitrogens with zero attached hydrogens (tertiary/aromatic N) is 2. The number of nitrogens with one attached hydrogen (secondary N) is 1. The lowest BCUT2D eigenvalue weighted by atomic mass is 9.75. The third-order valence-corrected chi connectivity index (χ3v) is 7.50. The molecule has 30 heavy (non-hydrogen) atoms. The number of hydrogen-bond donors (Lipinski definition) is 1. The zero-order valence-electron chi connectivity index (χ0n) is 16.4. The van der Waals surface area contributed by atoms with E-state index in [9.17, 15) is 14.4 Å². The van der Waals surface area contributed by atoms with Crippen molar-refractivity contribution >= 4 is 40.7 Å². The second-order valence-corrected chi connectivity index (χ2v) is 9.06. The van der Waals surface area contributed by atoms with Crippen molar-refractivity contribution in [2.24, 2.45) is 11.8 Å². The van der Waals surface area contributed by atoms with Crippen LogP contribution in [0.15, 0.2) is 42.5 Å². The predicted octanol–water partition coefficient (Wildman–Crippen LogP) is 3.08. The van der Waals surface area contributed by atoms with Crippen molar-refractivity contribution in [3.8, 4) is 0 Å². The molecule has 1 spiro atoms. The lowest BCUT2D eigenvalue weighted by molar-refractivity contribution is -0.135. The van der Waals surface area contributed by atoms with E-state index in [2.05, 4.69) is 10.2 Å². The smallest absolute Gasteiger partial charge is 0.250 e. The summed E-state index contributed by atoms with van der Waals surface area (Å²) in [5.74, 6) is -2.01. The molecule has 4 aliphatic heterocycles. The number of amides is 3. The van der Waals surface area contributed by atoms with Crippen molar-refractivity contribution in [1.82, 2.24) is 4.90 Å². The largest absolute Gasteiger partial charge is 0.324 e. The van der Waals surface area contributed by atoms with Crippen LogP contribution in [0, 0.1) is 18.8 Å². The van der Waals surface area contributed by atoms with Crippen LogP contribution in [0.2, 0.25) is 5.02 Å². The van der Waals surface area contributed by atoms with E-state index >= 15 is 0 Å². The maximum Gasteiger partial charge on any atom is 0.250 e. The number of aryl methyl sites for hydroxylation is 1. The Kier molecular flexibility index (Phi) is 3.58. The SMILES string of the molecule is Cc1cc(Cl)cc2c1NC(=O)[C@@]21[C@@H]2C(=O)N(c3ccccc3)C(=O)[C@H]2[C@H]2CCCN21. The van der Waals surface area contributed by atoms with Crippen LogP contribution < -0.4 is 10.2 Å². The van der Waals surface area contributed by atoms with Gasteiger partial charge in [-0.25, -0.2) is 4.90 Å². The van der Waals surface area contributed by atoms with E-state index in [1.807, 2.05) is 31.2 Å². The van der Waals surface area contributed by atoms with Crippen LogP contribution >= 0.6 is 11.6 Å². The lowest BCUT2D eigenvalue weighted by Crippen LogP contribution is -2.54. The molecule has 152 valence electrons. The minimum atomic E-state index is -1.19. The van der Waals surface area contributed by atoms with Gasteiger partial charge in [0.2, 0.25) is 17.7 Å². The number of para-hydroxylation sites is 1. The topological polar surface area (TPSA) is 69.7 Å². The summed E-state index contributed by atoms with van der Waals surface area (Å²) in [5.41, 5.74) is 1.68. The van der Waals surface area contributed by atoms with Gasteiger partial charge < -0.3 is 5.32 Å². The number of benzene rings is 2. The van der Waals surface area contributed by atoms with Gasteiger partial charge in [0, 0.05) is 22.3 Å². The Hall–Kier alpha value is -2.70. The van der Waals surface area contributed by atoms with Gasteiger partial charge in [0.1, 0.15) is 5.54 Å². The van der Waals surface area contributed by atoms with Gasteiger partial charge >= 0.3 is 0 Å². The fraction of sp³-hybridized carbons (Fsp3) is 0.348. The molecule has 4 aliphatic rings. The summed E-state index contributed by atoms with van der Waals surface area (Å²) in [6.07, 6.45) is 1.69. The first-order valence-corrected chi connectivity index (χ1v) is 10.7. The first-order chi connectivity index (χ1) is 14.5. The van der Waals surface area contributed by atoms with Gasteiger partial charge in [0.15, 0.2) is 0 Å². The van der Waals surface area contributed by atoms with Crippen molar-refractivity contribution < 1.29 is 14.4 Å². The monoisotopic (exact) mass is 421 g/mol. The Morgan fingerprint density at radius 2 is 1.87 bits per heavy atom. The maximum atomic E-state index is 13.8. The highest BCUT2D eigenvalue weighted by Crippen LogP contribution is 2.61. The number of rotatable bonds is 1. The molecule has 0 bridgehead atoms. The third-order valence-electron chi connectivity index (χ3n) is 7.28. The molecule has 6 nitrogen and oxygen atoms in total. The summed E-state index contributed by atoms with van der Waals surface area (Å²) in [7, 11) is 0. The first kappa shape index (κ1) is 18.1. The molecule has 3 fully saturated rings. The van der Waals surface area contributed by atoms with Gasteiger partial charge in [-0.15, -0.1) is 0 Å². The van der Waals surface area contributed by atoms with Gasteiger partial charge in [-0.3, -0.25) is 19.3 Å². The van der Waals surface area contributed by atoms with Gasteiger partial charge in [-0.1, -0.05) is 29.8 Å². The molecule has 0 radical (unpaired) electrons. The van der Waals surface area contributed by atoms with E-state index in [1.54, 1.807) is 18.2 Å². The van der Waals surface area contributed by atoms with Gasteiger partial charge in [-0.05, 0) is 56.1 Å². The second-order valence-electron chi connectivity index (χ2n) is 8.62. The number of carbonyl (C=O) groups excluding carboxylic acids is 3. The number of halogens is 1. The first-order valence-electron chi connectivity index (χ1n) is 10.3. The van der Waals surface area contributed by atoms with Crippen LogP contribution in [-0.4, -0.2) is 35.2 Å². The predicted molar refractivity (Wildman–Crippen MR) is 112 cm³/mol. The molecule has 1 N–H and O–H groups in total. The van der Waals surface area contributed by atoms with Crippen LogP contribution in [-0.2, 0) is 19.9 Å². The van der Waals surface area contributed by atoms with Crippen molar-refractivity contribution in [2.75, 3.05) is 16.8 Å². The van der Waals surface area contributed by atoms with E-state index in [-0.39, 0.29) is 23.8 Å². The molecule has 4 atom stereocenters. The number of hydrogen-bond acceptors (Lipinski definition) is 4. The second kappa shape index (κ2) is 5.93. The van der Waals surface area contributed by atoms with E-state index in [0.717, 1.165) is 24.0 Å². The molecular formula is C23H20ClN3O3. The summed E-state index contributed by atoms with van der Waals surface area (Å²) < 4.78 is 0. The van der Waals surface area contributed by atoms with Gasteiger partial charge in [0.25, 0.3) is 0 Å². The highest BCUT2D eigenvalue weighted by molar-refractivity contribution is 6.31. The Morgan fingerprint density at radius 1 is 1.10 bits per heavy atom. The van der Waals surface area contributed by atoms with Crippen LogP contribution in [0.4, 0.5) is 11.4 Å². The molecule has 2 aromatic carbocycles. The minimum absolute atomic E-state index is 0.129. The molecule has 6 rings (SSSR count). The van der Waals surface area contributed by atoms with E-state index in [1.165, 1.54) is 4.90 Å². The number of anilines is 2. The average molecular weight is 422 g/mol. The summed E-state index contributed by atoms with van der Waals surface area (Å²) in [6, 6.07) is 12.5. The molecule has 3 saturated heterocycles. The highest BCUT2D eigenvalue weighted by Gasteiger charge is 2.74. The van der Waals surface area contributed by atoms with Crippen LogP contribution in [0.3, 0.4) is 0 Å². The molecule has 0 aromatic heterocycles. The zero-order valence-corrected chi connectivity index (χ0v) is 17.1. The fourth-order valence-electron chi connectivity index (χ4n) is 6.27. The molecule has 0 saturated carbocycles. The number of imide groups is 1. The Labute approximate surface area is 178 Å². The lowest BCUT2D eigenvalue weighted by Gasteiger charge is -2.36. The van der Waals surface area contributed by atoms with E-state index in [4.69, 9.17) is 11.6 Å². The molecular weight excluding hydrogens is 402 g/mol. The quantitative estimate of drug-likeness (QED) is 0.718. The zero-order chi connectivity index (χ0) is 20.8. The summed E-state index contributed by atoms with van der Waals surface area (Å²) >= 11 is 6.39. The van der Waals surface area contributed by atoms with Crippen molar-refractivity contribution in [3.05, 3.63) is 58.6 Å². The van der Waals surface area contributed by atoms with Crippen molar-refractivity contribution in [3.63, 3.8) is 0 Å². The number of fused-ring (bicyclic) bond motifs is 7. The number of carbonyl (C=O) groups is 3. The van der Waals surface area contributed by atoms with Crippen LogP contribution in [0.5, 0.6) is 0 Å². The van der Waals surface area contributed by atoms with Crippen LogP contribution in [0.25, 0.3) is 0 Å². The molecule has 3 amide bonds. The van der Waals surface area contributed by atoms with Gasteiger partial charge in [0.05, 0.1) is 17.5 Å². The third kappa shape index (κ3) is 1.96. The van der Waals surface area contributed by atoms with Gasteiger partial charge in [-0.2, -0.15) is 0 Å². The molecule has 7 heteroatoms. The Morgan fingerprint density at radius 3 is 2.63 bits per heavy atom. The molecule has 0 aliphatic carbocycles. The Balaban J connectivity index is 1.59. The summed E-state index contributed by atoms with van der Waals surface area (Å²) in [5, 5.41) is 3.55. The van der Waals surface area contributed by atoms with Crippen LogP contribution in [0.1, 0.15) is 24.0 Å².